The lowest BCUT2D eigenvalue weighted by Crippen LogP contribution is -2.42. The first-order valence-corrected chi connectivity index (χ1v) is 11.5. The molecule has 2 atom stereocenters. The molecule has 1 N–H and O–H groups in total. The summed E-state index contributed by atoms with van der Waals surface area (Å²) in [6.45, 7) is 7.24. The van der Waals surface area contributed by atoms with Crippen molar-refractivity contribution in [2.75, 3.05) is 39.1 Å². The van der Waals surface area contributed by atoms with Gasteiger partial charge in [0.05, 0.1) is 30.4 Å². The van der Waals surface area contributed by atoms with Crippen molar-refractivity contribution >= 4 is 28.6 Å². The van der Waals surface area contributed by atoms with Gasteiger partial charge < -0.3 is 19.9 Å². The number of nitrogens with one attached hydrogen (secondary N) is 1. The van der Waals surface area contributed by atoms with Crippen LogP contribution in [0.1, 0.15) is 37.4 Å². The minimum absolute atomic E-state index is 0.129. The van der Waals surface area contributed by atoms with Gasteiger partial charge in [-0.05, 0) is 49.1 Å². The van der Waals surface area contributed by atoms with Crippen LogP contribution in [0.2, 0.25) is 0 Å². The summed E-state index contributed by atoms with van der Waals surface area (Å²) in [4.78, 5) is 25.4. The maximum Gasteiger partial charge on any atom is 0.229 e. The molecule has 9 nitrogen and oxygen atoms in total. The highest BCUT2D eigenvalue weighted by Gasteiger charge is 2.30. The Morgan fingerprint density at radius 2 is 2.06 bits per heavy atom. The fourth-order valence-electron chi connectivity index (χ4n) is 5.04. The van der Waals surface area contributed by atoms with E-state index in [0.29, 0.717) is 5.95 Å². The summed E-state index contributed by atoms with van der Waals surface area (Å²) in [6, 6.07) is 4.46. The van der Waals surface area contributed by atoms with Crippen molar-refractivity contribution in [3.63, 3.8) is 0 Å². The molecular weight excluding hydrogens is 418 g/mol. The van der Waals surface area contributed by atoms with Gasteiger partial charge in [-0.2, -0.15) is 10.1 Å². The van der Waals surface area contributed by atoms with E-state index >= 15 is 0 Å². The standard InChI is InChI=1S/C24H31N7O2/c1-15-13-30(16(2)32)8-6-21(15)31-23-19(12-26-31)11-25-24(28-23)27-20-9-18-14-29(3)7-5-17(18)10-22(20)33-4/h9-12,15,21H,5-8,13-14H2,1-4H3,(H,25,27,28)/t15-,21+/m1/s1. The number of piperidine rings is 1. The monoisotopic (exact) mass is 449 g/mol. The number of anilines is 2. The molecule has 174 valence electrons. The fraction of sp³-hybridized carbons (Fsp3) is 0.500. The zero-order valence-electron chi connectivity index (χ0n) is 19.7. The maximum atomic E-state index is 11.8. The van der Waals surface area contributed by atoms with Gasteiger partial charge in [-0.3, -0.25) is 4.79 Å². The summed E-state index contributed by atoms with van der Waals surface area (Å²) in [7, 11) is 3.83. The quantitative estimate of drug-likeness (QED) is 0.655. The molecule has 9 heteroatoms. The average Bonchev–Trinajstić information content (AvgIpc) is 3.21. The molecule has 2 aliphatic rings. The summed E-state index contributed by atoms with van der Waals surface area (Å²) in [5, 5.41) is 8.92. The molecular formula is C24H31N7O2. The van der Waals surface area contributed by atoms with Gasteiger partial charge in [0.25, 0.3) is 0 Å². The van der Waals surface area contributed by atoms with Crippen LogP contribution in [0.25, 0.3) is 11.0 Å². The van der Waals surface area contributed by atoms with Gasteiger partial charge in [0.1, 0.15) is 5.75 Å². The molecule has 0 unspecified atom stereocenters. The molecule has 1 amide bonds. The molecule has 2 aliphatic heterocycles. The molecule has 5 rings (SSSR count). The van der Waals surface area contributed by atoms with E-state index in [0.717, 1.165) is 61.5 Å². The zero-order valence-corrected chi connectivity index (χ0v) is 19.7. The number of methoxy groups -OCH3 is 1. The molecule has 1 fully saturated rings. The van der Waals surface area contributed by atoms with Crippen molar-refractivity contribution < 1.29 is 9.53 Å². The third kappa shape index (κ3) is 4.13. The molecule has 1 saturated heterocycles. The van der Waals surface area contributed by atoms with Crippen molar-refractivity contribution in [3.8, 4) is 5.75 Å². The van der Waals surface area contributed by atoms with E-state index in [1.54, 1.807) is 14.0 Å². The van der Waals surface area contributed by atoms with Crippen LogP contribution in [0.3, 0.4) is 0 Å². The van der Waals surface area contributed by atoms with E-state index in [-0.39, 0.29) is 17.9 Å². The molecule has 0 bridgehead atoms. The third-order valence-electron chi connectivity index (χ3n) is 6.92. The number of carbonyl (C=O) groups is 1. The Morgan fingerprint density at radius 3 is 2.82 bits per heavy atom. The number of ether oxygens (including phenoxy) is 1. The number of hydrogen-bond acceptors (Lipinski definition) is 7. The van der Waals surface area contributed by atoms with Crippen LogP contribution in [0.4, 0.5) is 11.6 Å². The van der Waals surface area contributed by atoms with E-state index < -0.39 is 0 Å². The molecule has 0 saturated carbocycles. The van der Waals surface area contributed by atoms with Crippen molar-refractivity contribution in [3.05, 3.63) is 35.7 Å². The van der Waals surface area contributed by atoms with E-state index in [4.69, 9.17) is 9.72 Å². The SMILES string of the molecule is COc1cc2c(cc1Nc1ncc3cnn([C@H]4CCN(C(C)=O)C[C@H]4C)c3n1)CN(C)CC2. The van der Waals surface area contributed by atoms with Crippen LogP contribution in [-0.2, 0) is 17.8 Å². The number of likely N-dealkylation sites (tertiary alicyclic amines) is 1. The third-order valence-corrected chi connectivity index (χ3v) is 6.92. The van der Waals surface area contributed by atoms with Crippen molar-refractivity contribution in [1.29, 1.82) is 0 Å². The Labute approximate surface area is 193 Å². The highest BCUT2D eigenvalue weighted by atomic mass is 16.5. The number of rotatable bonds is 4. The van der Waals surface area contributed by atoms with Gasteiger partial charge in [0, 0.05) is 39.3 Å². The second-order valence-corrected chi connectivity index (χ2v) is 9.29. The largest absolute Gasteiger partial charge is 0.495 e. The molecule has 2 aromatic heterocycles. The zero-order chi connectivity index (χ0) is 23.1. The second-order valence-electron chi connectivity index (χ2n) is 9.29. The smallest absolute Gasteiger partial charge is 0.229 e. The van der Waals surface area contributed by atoms with E-state index in [1.807, 2.05) is 22.0 Å². The van der Waals surface area contributed by atoms with Gasteiger partial charge in [-0.15, -0.1) is 0 Å². The Morgan fingerprint density at radius 1 is 1.21 bits per heavy atom. The molecule has 0 radical (unpaired) electrons. The highest BCUT2D eigenvalue weighted by molar-refractivity contribution is 5.76. The van der Waals surface area contributed by atoms with Crippen molar-refractivity contribution in [2.45, 2.75) is 39.3 Å². The Balaban J connectivity index is 1.44. The van der Waals surface area contributed by atoms with Gasteiger partial charge in [-0.1, -0.05) is 6.92 Å². The van der Waals surface area contributed by atoms with Crippen molar-refractivity contribution in [1.82, 2.24) is 29.5 Å². The molecule has 0 spiro atoms. The van der Waals surface area contributed by atoms with Gasteiger partial charge in [0.2, 0.25) is 11.9 Å². The number of likely N-dealkylation sites (N-methyl/N-ethyl adjacent to an activating group) is 1. The number of aromatic nitrogens is 4. The number of nitrogens with zero attached hydrogens (tertiary/aromatic N) is 6. The number of amides is 1. The van der Waals surface area contributed by atoms with Gasteiger partial charge in [0.15, 0.2) is 5.65 Å². The predicted molar refractivity (Wildman–Crippen MR) is 127 cm³/mol. The van der Waals surface area contributed by atoms with Gasteiger partial charge in [-0.25, -0.2) is 9.67 Å². The molecule has 33 heavy (non-hydrogen) atoms. The Kier molecular flexibility index (Phi) is 5.65. The summed E-state index contributed by atoms with van der Waals surface area (Å²) in [6.07, 6.45) is 5.50. The topological polar surface area (TPSA) is 88.4 Å². The van der Waals surface area contributed by atoms with Crippen LogP contribution < -0.4 is 10.1 Å². The van der Waals surface area contributed by atoms with Crippen molar-refractivity contribution in [2.24, 2.45) is 5.92 Å². The minimum atomic E-state index is 0.129. The Hall–Kier alpha value is -3.20. The van der Waals surface area contributed by atoms with Crippen LogP contribution in [-0.4, -0.2) is 69.2 Å². The molecule has 0 aliphatic carbocycles. The molecule has 4 heterocycles. The van der Waals surface area contributed by atoms with Crippen LogP contribution in [0.15, 0.2) is 24.5 Å². The van der Waals surface area contributed by atoms with Crippen LogP contribution in [0, 0.1) is 5.92 Å². The molecule has 1 aromatic carbocycles. The van der Waals surface area contributed by atoms with E-state index in [2.05, 4.69) is 46.4 Å². The lowest BCUT2D eigenvalue weighted by molar-refractivity contribution is -0.131. The maximum absolute atomic E-state index is 11.8. The van der Waals surface area contributed by atoms with Gasteiger partial charge >= 0.3 is 0 Å². The predicted octanol–water partition coefficient (Wildman–Crippen LogP) is 3.00. The van der Waals surface area contributed by atoms with Crippen LogP contribution >= 0.6 is 0 Å². The number of benzene rings is 1. The summed E-state index contributed by atoms with van der Waals surface area (Å²) in [5.41, 5.74) is 4.29. The number of carbonyl (C=O) groups excluding carboxylic acids is 1. The minimum Gasteiger partial charge on any atom is -0.495 e. The first-order chi connectivity index (χ1) is 15.9. The lowest BCUT2D eigenvalue weighted by atomic mass is 9.94. The number of hydrogen-bond donors (Lipinski definition) is 1. The summed E-state index contributed by atoms with van der Waals surface area (Å²) < 4.78 is 7.67. The fourth-order valence-corrected chi connectivity index (χ4v) is 5.04. The lowest BCUT2D eigenvalue weighted by Gasteiger charge is -2.36. The first kappa shape index (κ1) is 21.6. The molecule has 3 aromatic rings. The van der Waals surface area contributed by atoms with Crippen LogP contribution in [0.5, 0.6) is 5.75 Å². The Bertz CT molecular complexity index is 1190. The highest BCUT2D eigenvalue weighted by Crippen LogP contribution is 2.34. The summed E-state index contributed by atoms with van der Waals surface area (Å²) >= 11 is 0. The summed E-state index contributed by atoms with van der Waals surface area (Å²) in [5.74, 6) is 1.72. The van der Waals surface area contributed by atoms with E-state index in [9.17, 15) is 4.79 Å². The average molecular weight is 450 g/mol. The first-order valence-electron chi connectivity index (χ1n) is 11.5. The number of fused-ring (bicyclic) bond motifs is 2. The van der Waals surface area contributed by atoms with E-state index in [1.165, 1.54) is 11.1 Å². The second kappa shape index (κ2) is 8.62. The normalized spacial score (nSPS) is 21.2.